The Hall–Kier alpha value is -1.73. The lowest BCUT2D eigenvalue weighted by atomic mass is 10.1. The number of hydrogen-bond donors (Lipinski definition) is 1. The number of nitriles is 1. The Bertz CT molecular complexity index is 463. The number of rotatable bonds is 3. The zero-order chi connectivity index (χ0) is 12.3. The Labute approximate surface area is 98.0 Å². The Kier molecular flexibility index (Phi) is 3.41. The minimum Gasteiger partial charge on any atom is -0.478 e. The van der Waals surface area contributed by atoms with E-state index in [-0.39, 0.29) is 16.3 Å². The summed E-state index contributed by atoms with van der Waals surface area (Å²) >= 11 is 5.74. The number of nitrogens with zero attached hydrogens (tertiary/aromatic N) is 1. The Morgan fingerprint density at radius 1 is 1.50 bits per heavy atom. The van der Waals surface area contributed by atoms with Gasteiger partial charge in [-0.25, -0.2) is 4.79 Å². The van der Waals surface area contributed by atoms with E-state index in [1.165, 1.54) is 18.2 Å². The van der Waals surface area contributed by atoms with Crippen LogP contribution in [0.2, 0.25) is 5.02 Å². The molecule has 0 atom stereocenters. The number of halogens is 1. The van der Waals surface area contributed by atoms with Gasteiger partial charge in [-0.2, -0.15) is 5.26 Å². The SMILES string of the molecule is CC(C)(C#N)Oc1cc(Cl)cc(C(=O)O)c1. The highest BCUT2D eigenvalue weighted by Gasteiger charge is 2.19. The second-order valence-corrected chi connectivity index (χ2v) is 4.14. The highest BCUT2D eigenvalue weighted by Crippen LogP contribution is 2.24. The zero-order valence-electron chi connectivity index (χ0n) is 8.82. The lowest BCUT2D eigenvalue weighted by Crippen LogP contribution is -2.25. The van der Waals surface area contributed by atoms with Crippen LogP contribution in [0.3, 0.4) is 0 Å². The van der Waals surface area contributed by atoms with Crippen LogP contribution in [-0.4, -0.2) is 16.7 Å². The first-order valence-electron chi connectivity index (χ1n) is 4.48. The van der Waals surface area contributed by atoms with Gasteiger partial charge in [0.05, 0.1) is 5.56 Å². The fraction of sp³-hybridized carbons (Fsp3) is 0.273. The number of hydrogen-bond acceptors (Lipinski definition) is 3. The first-order valence-corrected chi connectivity index (χ1v) is 4.86. The van der Waals surface area contributed by atoms with E-state index in [1.54, 1.807) is 13.8 Å². The van der Waals surface area contributed by atoms with Gasteiger partial charge in [-0.15, -0.1) is 0 Å². The van der Waals surface area contributed by atoms with E-state index in [1.807, 2.05) is 6.07 Å². The second kappa shape index (κ2) is 4.42. The third kappa shape index (κ3) is 3.14. The molecule has 0 spiro atoms. The van der Waals surface area contributed by atoms with Crippen molar-refractivity contribution in [3.8, 4) is 11.8 Å². The van der Waals surface area contributed by atoms with Crippen molar-refractivity contribution in [3.63, 3.8) is 0 Å². The van der Waals surface area contributed by atoms with Crippen molar-refractivity contribution in [2.75, 3.05) is 0 Å². The molecule has 1 N–H and O–H groups in total. The van der Waals surface area contributed by atoms with E-state index in [0.29, 0.717) is 0 Å². The largest absolute Gasteiger partial charge is 0.478 e. The molecule has 0 saturated heterocycles. The van der Waals surface area contributed by atoms with E-state index >= 15 is 0 Å². The van der Waals surface area contributed by atoms with Crippen molar-refractivity contribution in [2.45, 2.75) is 19.4 Å². The Morgan fingerprint density at radius 2 is 2.12 bits per heavy atom. The molecule has 5 heteroatoms. The van der Waals surface area contributed by atoms with Crippen molar-refractivity contribution in [1.29, 1.82) is 5.26 Å². The number of carboxylic acids is 1. The predicted molar refractivity (Wildman–Crippen MR) is 58.7 cm³/mol. The molecule has 1 aromatic carbocycles. The van der Waals surface area contributed by atoms with Gasteiger partial charge in [-0.1, -0.05) is 11.6 Å². The molecular formula is C11H10ClNO3. The van der Waals surface area contributed by atoms with Gasteiger partial charge in [0.25, 0.3) is 0 Å². The van der Waals surface area contributed by atoms with Crippen LogP contribution >= 0.6 is 11.6 Å². The van der Waals surface area contributed by atoms with Crippen LogP contribution < -0.4 is 4.74 Å². The summed E-state index contributed by atoms with van der Waals surface area (Å²) in [6.45, 7) is 3.16. The maximum Gasteiger partial charge on any atom is 0.335 e. The van der Waals surface area contributed by atoms with Gasteiger partial charge >= 0.3 is 5.97 Å². The standard InChI is InChI=1S/C11H10ClNO3/c1-11(2,6-13)16-9-4-7(10(14)15)3-8(12)5-9/h3-5H,1-2H3,(H,14,15). The molecule has 4 nitrogen and oxygen atoms in total. The first kappa shape index (κ1) is 12.3. The summed E-state index contributed by atoms with van der Waals surface area (Å²) in [7, 11) is 0. The second-order valence-electron chi connectivity index (χ2n) is 3.70. The van der Waals surface area contributed by atoms with Crippen molar-refractivity contribution in [3.05, 3.63) is 28.8 Å². The Balaban J connectivity index is 3.07. The molecule has 0 unspecified atom stereocenters. The molecule has 1 rings (SSSR count). The number of ether oxygens (including phenoxy) is 1. The molecule has 0 amide bonds. The van der Waals surface area contributed by atoms with E-state index < -0.39 is 11.6 Å². The van der Waals surface area contributed by atoms with Crippen LogP contribution in [0.4, 0.5) is 0 Å². The van der Waals surface area contributed by atoms with Gasteiger partial charge in [0, 0.05) is 5.02 Å². The van der Waals surface area contributed by atoms with Gasteiger partial charge in [-0.3, -0.25) is 0 Å². The average molecular weight is 240 g/mol. The number of benzene rings is 1. The van der Waals surface area contributed by atoms with Gasteiger partial charge in [0.15, 0.2) is 5.60 Å². The van der Waals surface area contributed by atoms with Crippen molar-refractivity contribution in [1.82, 2.24) is 0 Å². The van der Waals surface area contributed by atoms with Crippen molar-refractivity contribution >= 4 is 17.6 Å². The summed E-state index contributed by atoms with van der Waals surface area (Å²) < 4.78 is 5.31. The normalized spacial score (nSPS) is 10.6. The van der Waals surface area contributed by atoms with Crippen LogP contribution in [0.1, 0.15) is 24.2 Å². The quantitative estimate of drug-likeness (QED) is 0.880. The molecule has 0 saturated carbocycles. The molecular weight excluding hydrogens is 230 g/mol. The minimum atomic E-state index is -1.10. The van der Waals surface area contributed by atoms with Crippen LogP contribution in [-0.2, 0) is 0 Å². The summed E-state index contributed by atoms with van der Waals surface area (Å²) in [5.74, 6) is -0.835. The number of carbonyl (C=O) groups is 1. The molecule has 0 aliphatic heterocycles. The third-order valence-corrected chi connectivity index (χ3v) is 1.98. The van der Waals surface area contributed by atoms with Crippen molar-refractivity contribution < 1.29 is 14.6 Å². The molecule has 0 fully saturated rings. The van der Waals surface area contributed by atoms with Crippen LogP contribution in [0.5, 0.6) is 5.75 Å². The van der Waals surface area contributed by atoms with E-state index in [9.17, 15) is 4.79 Å². The highest BCUT2D eigenvalue weighted by molar-refractivity contribution is 6.31. The topological polar surface area (TPSA) is 70.3 Å². The minimum absolute atomic E-state index is 0.0243. The number of carboxylic acid groups (broad SMARTS) is 1. The Morgan fingerprint density at radius 3 is 2.62 bits per heavy atom. The van der Waals surface area contributed by atoms with E-state index in [0.717, 1.165) is 0 Å². The lowest BCUT2D eigenvalue weighted by molar-refractivity contribution is 0.0695. The molecule has 0 radical (unpaired) electrons. The maximum atomic E-state index is 10.8. The highest BCUT2D eigenvalue weighted by atomic mass is 35.5. The van der Waals surface area contributed by atoms with Gasteiger partial charge in [-0.05, 0) is 32.0 Å². The molecule has 0 aliphatic rings. The van der Waals surface area contributed by atoms with E-state index in [2.05, 4.69) is 0 Å². The average Bonchev–Trinajstić information content (AvgIpc) is 2.16. The maximum absolute atomic E-state index is 10.8. The van der Waals surface area contributed by atoms with E-state index in [4.69, 9.17) is 26.7 Å². The molecule has 0 bridgehead atoms. The van der Waals surface area contributed by atoms with Gasteiger partial charge < -0.3 is 9.84 Å². The summed E-state index contributed by atoms with van der Waals surface area (Å²) in [5.41, 5.74) is -1.00. The molecule has 0 aromatic heterocycles. The monoisotopic (exact) mass is 239 g/mol. The van der Waals surface area contributed by atoms with Crippen LogP contribution in [0.25, 0.3) is 0 Å². The fourth-order valence-electron chi connectivity index (χ4n) is 1.06. The smallest absolute Gasteiger partial charge is 0.335 e. The van der Waals surface area contributed by atoms with Crippen molar-refractivity contribution in [2.24, 2.45) is 0 Å². The molecule has 16 heavy (non-hydrogen) atoms. The predicted octanol–water partition coefficient (Wildman–Crippen LogP) is 2.72. The molecule has 0 aliphatic carbocycles. The van der Waals surface area contributed by atoms with Gasteiger partial charge in [0.2, 0.25) is 0 Å². The first-order chi connectivity index (χ1) is 7.34. The zero-order valence-corrected chi connectivity index (χ0v) is 9.58. The summed E-state index contributed by atoms with van der Waals surface area (Å²) in [5, 5.41) is 17.8. The van der Waals surface area contributed by atoms with Crippen LogP contribution in [0.15, 0.2) is 18.2 Å². The summed E-state index contributed by atoms with van der Waals surface area (Å²) in [6, 6.07) is 6.05. The molecule has 84 valence electrons. The number of aromatic carboxylic acids is 1. The summed E-state index contributed by atoms with van der Waals surface area (Å²) in [4.78, 5) is 10.8. The fourth-order valence-corrected chi connectivity index (χ4v) is 1.29. The third-order valence-electron chi connectivity index (χ3n) is 1.76. The lowest BCUT2D eigenvalue weighted by Gasteiger charge is -2.18. The van der Waals surface area contributed by atoms with Gasteiger partial charge in [0.1, 0.15) is 11.8 Å². The molecule has 1 aromatic rings. The summed E-state index contributed by atoms with van der Waals surface area (Å²) in [6.07, 6.45) is 0. The van der Waals surface area contributed by atoms with Crippen LogP contribution in [0, 0.1) is 11.3 Å². The molecule has 0 heterocycles.